The lowest BCUT2D eigenvalue weighted by molar-refractivity contribution is -0.0909. The van der Waals surface area contributed by atoms with E-state index in [1.807, 2.05) is 0 Å². The Kier molecular flexibility index (Phi) is 4.12. The zero-order chi connectivity index (χ0) is 13.2. The van der Waals surface area contributed by atoms with Crippen LogP contribution in [0.3, 0.4) is 0 Å². The number of allylic oxidation sites excluding steroid dienone is 2. The van der Waals surface area contributed by atoms with Crippen molar-refractivity contribution < 1.29 is 17.9 Å². The molecule has 5 heteroatoms. The highest BCUT2D eigenvalue weighted by Gasteiger charge is 2.35. The van der Waals surface area contributed by atoms with E-state index in [1.165, 1.54) is 12.2 Å². The van der Waals surface area contributed by atoms with E-state index in [4.69, 9.17) is 4.74 Å². The number of nitrogens with one attached hydrogen (secondary N) is 1. The summed E-state index contributed by atoms with van der Waals surface area (Å²) in [5, 5.41) is 3.21. The van der Waals surface area contributed by atoms with Gasteiger partial charge in [-0.3, -0.25) is 0 Å². The number of halogens is 3. The molecule has 1 N–H and O–H groups in total. The molecule has 0 bridgehead atoms. The van der Waals surface area contributed by atoms with Crippen LogP contribution in [0.2, 0.25) is 0 Å². The van der Waals surface area contributed by atoms with E-state index in [0.29, 0.717) is 6.42 Å². The third-order valence-electron chi connectivity index (χ3n) is 3.27. The van der Waals surface area contributed by atoms with Crippen LogP contribution in [0.15, 0.2) is 23.3 Å². The van der Waals surface area contributed by atoms with Gasteiger partial charge < -0.3 is 10.1 Å². The molecule has 2 rings (SSSR count). The normalized spacial score (nSPS) is 26.8. The maximum absolute atomic E-state index is 12.7. The van der Waals surface area contributed by atoms with E-state index in [1.54, 1.807) is 6.92 Å². The summed E-state index contributed by atoms with van der Waals surface area (Å²) in [6.45, 7) is 3.47. The van der Waals surface area contributed by atoms with Gasteiger partial charge in [0.2, 0.25) is 0 Å². The standard InChI is InChI=1S/C13H18F3NO/c1-9-6-10(13(14,15)16)8-12(7-9)18-11-2-4-17-5-3-11/h6,8,11-12,17H,2-5,7H2,1H3. The summed E-state index contributed by atoms with van der Waals surface area (Å²) in [5.41, 5.74) is 0.147. The van der Waals surface area contributed by atoms with Crippen LogP contribution in [0.5, 0.6) is 0 Å². The van der Waals surface area contributed by atoms with Crippen molar-refractivity contribution >= 4 is 0 Å². The number of rotatable bonds is 2. The van der Waals surface area contributed by atoms with Crippen molar-refractivity contribution in [3.63, 3.8) is 0 Å². The Bertz CT molecular complexity index is 354. The van der Waals surface area contributed by atoms with Gasteiger partial charge in [-0.2, -0.15) is 13.2 Å². The molecule has 1 unspecified atom stereocenters. The third-order valence-corrected chi connectivity index (χ3v) is 3.27. The monoisotopic (exact) mass is 261 g/mol. The van der Waals surface area contributed by atoms with E-state index in [0.717, 1.165) is 31.5 Å². The molecule has 18 heavy (non-hydrogen) atoms. The molecule has 2 nitrogen and oxygen atoms in total. The summed E-state index contributed by atoms with van der Waals surface area (Å²) < 4.78 is 43.8. The number of piperidine rings is 1. The predicted molar refractivity (Wildman–Crippen MR) is 63.3 cm³/mol. The minimum atomic E-state index is -4.28. The molecule has 0 aromatic carbocycles. The van der Waals surface area contributed by atoms with Gasteiger partial charge in [0.15, 0.2) is 0 Å². The lowest BCUT2D eigenvalue weighted by Crippen LogP contribution is -2.35. The summed E-state index contributed by atoms with van der Waals surface area (Å²) in [5.74, 6) is 0. The van der Waals surface area contributed by atoms with Gasteiger partial charge in [0.05, 0.1) is 17.8 Å². The lowest BCUT2D eigenvalue weighted by atomic mass is 9.97. The quantitative estimate of drug-likeness (QED) is 0.825. The van der Waals surface area contributed by atoms with E-state index in [9.17, 15) is 13.2 Å². The molecular weight excluding hydrogens is 243 g/mol. The average Bonchev–Trinajstić information content (AvgIpc) is 2.28. The van der Waals surface area contributed by atoms with Crippen LogP contribution in [0, 0.1) is 0 Å². The first-order chi connectivity index (χ1) is 8.45. The molecule has 0 radical (unpaired) electrons. The van der Waals surface area contributed by atoms with Gasteiger partial charge in [0.1, 0.15) is 0 Å². The molecule has 1 saturated heterocycles. The van der Waals surface area contributed by atoms with Gasteiger partial charge >= 0.3 is 6.18 Å². The van der Waals surface area contributed by atoms with E-state index >= 15 is 0 Å². The van der Waals surface area contributed by atoms with Crippen molar-refractivity contribution in [2.75, 3.05) is 13.1 Å². The molecule has 0 aromatic rings. The Morgan fingerprint density at radius 1 is 1.28 bits per heavy atom. The fourth-order valence-electron chi connectivity index (χ4n) is 2.39. The maximum atomic E-state index is 12.7. The van der Waals surface area contributed by atoms with Crippen LogP contribution in [-0.4, -0.2) is 31.5 Å². The first-order valence-corrected chi connectivity index (χ1v) is 6.27. The largest absolute Gasteiger partial charge is 0.416 e. The minimum absolute atomic E-state index is 0.0767. The van der Waals surface area contributed by atoms with Crippen LogP contribution in [0.1, 0.15) is 26.2 Å². The Labute approximate surface area is 105 Å². The highest BCUT2D eigenvalue weighted by Crippen LogP contribution is 2.33. The molecule has 1 atom stereocenters. The van der Waals surface area contributed by atoms with E-state index in [-0.39, 0.29) is 6.10 Å². The van der Waals surface area contributed by atoms with Gasteiger partial charge in [0, 0.05) is 0 Å². The highest BCUT2D eigenvalue weighted by atomic mass is 19.4. The number of alkyl halides is 3. The summed E-state index contributed by atoms with van der Waals surface area (Å²) >= 11 is 0. The van der Waals surface area contributed by atoms with Crippen molar-refractivity contribution in [2.24, 2.45) is 0 Å². The van der Waals surface area contributed by atoms with Crippen molar-refractivity contribution in [1.29, 1.82) is 0 Å². The van der Waals surface area contributed by atoms with Crippen LogP contribution >= 0.6 is 0 Å². The predicted octanol–water partition coefficient (Wildman–Crippen LogP) is 2.96. The lowest BCUT2D eigenvalue weighted by Gasteiger charge is -2.29. The fraction of sp³-hybridized carbons (Fsp3) is 0.692. The van der Waals surface area contributed by atoms with Crippen molar-refractivity contribution in [3.8, 4) is 0 Å². The number of ether oxygens (including phenoxy) is 1. The summed E-state index contributed by atoms with van der Waals surface area (Å²) in [4.78, 5) is 0. The molecule has 1 fully saturated rings. The molecule has 1 aliphatic carbocycles. The van der Waals surface area contributed by atoms with Gasteiger partial charge in [-0.1, -0.05) is 11.6 Å². The van der Waals surface area contributed by atoms with Crippen LogP contribution in [0.4, 0.5) is 13.2 Å². The molecule has 0 saturated carbocycles. The first kappa shape index (κ1) is 13.6. The van der Waals surface area contributed by atoms with Crippen LogP contribution in [0.25, 0.3) is 0 Å². The Balaban J connectivity index is 2.01. The third kappa shape index (κ3) is 3.59. The van der Waals surface area contributed by atoms with Crippen molar-refractivity contribution in [1.82, 2.24) is 5.32 Å². The van der Waals surface area contributed by atoms with Crippen molar-refractivity contribution in [3.05, 3.63) is 23.3 Å². The zero-order valence-electron chi connectivity index (χ0n) is 10.4. The second-order valence-corrected chi connectivity index (χ2v) is 4.94. The Hall–Kier alpha value is -0.810. The summed E-state index contributed by atoms with van der Waals surface area (Å²) in [6.07, 6.45) is 0.0869. The van der Waals surface area contributed by atoms with Gasteiger partial charge in [0.25, 0.3) is 0 Å². The molecule has 1 heterocycles. The molecule has 0 spiro atoms. The Morgan fingerprint density at radius 2 is 1.94 bits per heavy atom. The van der Waals surface area contributed by atoms with Crippen LogP contribution in [-0.2, 0) is 4.74 Å². The second kappa shape index (κ2) is 5.45. The smallest absolute Gasteiger partial charge is 0.370 e. The molecular formula is C13H18F3NO. The van der Waals surface area contributed by atoms with Gasteiger partial charge in [-0.05, 0) is 45.4 Å². The highest BCUT2D eigenvalue weighted by molar-refractivity contribution is 5.32. The Morgan fingerprint density at radius 3 is 2.56 bits per heavy atom. The first-order valence-electron chi connectivity index (χ1n) is 6.27. The molecule has 1 aliphatic heterocycles. The van der Waals surface area contributed by atoms with Crippen molar-refractivity contribution in [2.45, 2.75) is 44.6 Å². The fourth-order valence-corrected chi connectivity index (χ4v) is 2.39. The minimum Gasteiger partial charge on any atom is -0.370 e. The number of hydrogen-bond acceptors (Lipinski definition) is 2. The molecule has 102 valence electrons. The SMILES string of the molecule is CC1=CC(C(F)(F)F)=CC(OC2CCNCC2)C1. The second-order valence-electron chi connectivity index (χ2n) is 4.94. The van der Waals surface area contributed by atoms with Gasteiger partial charge in [-0.25, -0.2) is 0 Å². The topological polar surface area (TPSA) is 21.3 Å². The molecule has 2 aliphatic rings. The van der Waals surface area contributed by atoms with E-state index < -0.39 is 17.9 Å². The van der Waals surface area contributed by atoms with Gasteiger partial charge in [-0.15, -0.1) is 0 Å². The zero-order valence-corrected chi connectivity index (χ0v) is 10.4. The summed E-state index contributed by atoms with van der Waals surface area (Å²) in [7, 11) is 0. The molecule has 0 amide bonds. The summed E-state index contributed by atoms with van der Waals surface area (Å²) in [6, 6.07) is 0. The number of hydrogen-bond donors (Lipinski definition) is 1. The maximum Gasteiger partial charge on any atom is 0.416 e. The van der Waals surface area contributed by atoms with E-state index in [2.05, 4.69) is 5.32 Å². The molecule has 0 aromatic heterocycles. The van der Waals surface area contributed by atoms with Crippen LogP contribution < -0.4 is 5.32 Å². The average molecular weight is 261 g/mol.